The number of rotatable bonds is 5. The van der Waals surface area contributed by atoms with E-state index in [-0.39, 0.29) is 12.6 Å². The number of aromatic nitrogens is 3. The minimum atomic E-state index is -0.379. The van der Waals surface area contributed by atoms with E-state index in [4.69, 9.17) is 9.47 Å². The van der Waals surface area contributed by atoms with E-state index in [0.29, 0.717) is 12.4 Å². The van der Waals surface area contributed by atoms with E-state index in [9.17, 15) is 4.79 Å². The number of ether oxygens (including phenoxy) is 2. The van der Waals surface area contributed by atoms with Crippen molar-refractivity contribution in [2.75, 3.05) is 13.2 Å². The van der Waals surface area contributed by atoms with Crippen LogP contribution in [0.5, 0.6) is 5.75 Å². The van der Waals surface area contributed by atoms with Crippen molar-refractivity contribution in [3.8, 4) is 5.75 Å². The van der Waals surface area contributed by atoms with Gasteiger partial charge in [-0.05, 0) is 141 Å². The van der Waals surface area contributed by atoms with Crippen molar-refractivity contribution in [1.29, 1.82) is 0 Å². The smallest absolute Gasteiger partial charge is 0.344 e. The SMILES string of the molecule is CCOC(=O)COc1ccc(C2=c3ccc([nH]3)=C(I)c3ccc([nH]3)C(I)=c3ccc([nH]3)=C(I)c3ccc2s3)cc1. The second-order valence-electron chi connectivity index (χ2n) is 8.96. The zero-order chi connectivity index (χ0) is 27.8. The van der Waals surface area contributed by atoms with Crippen LogP contribution in [0.2, 0.25) is 0 Å². The monoisotopic (exact) mass is 885 g/mol. The molecular weight excluding hydrogens is 863 g/mol. The van der Waals surface area contributed by atoms with Gasteiger partial charge in [0.15, 0.2) is 6.61 Å². The lowest BCUT2D eigenvalue weighted by atomic mass is 10.0. The molecule has 0 saturated carbocycles. The van der Waals surface area contributed by atoms with Crippen LogP contribution in [0, 0.1) is 0 Å². The summed E-state index contributed by atoms with van der Waals surface area (Å²) in [4.78, 5) is 24.9. The molecule has 6 rings (SSSR count). The molecule has 0 amide bonds. The Labute approximate surface area is 274 Å². The molecule has 1 aromatic carbocycles. The molecule has 8 bridgehead atoms. The topological polar surface area (TPSA) is 82.9 Å². The van der Waals surface area contributed by atoms with Crippen molar-refractivity contribution in [1.82, 2.24) is 15.0 Å². The minimum absolute atomic E-state index is 0.113. The van der Waals surface area contributed by atoms with Gasteiger partial charge in [-0.1, -0.05) is 12.1 Å². The molecule has 3 N–H and O–H groups in total. The number of aromatic amines is 3. The highest BCUT2D eigenvalue weighted by molar-refractivity contribution is 14.1. The van der Waals surface area contributed by atoms with Crippen LogP contribution in [0.25, 0.3) is 16.3 Å². The lowest BCUT2D eigenvalue weighted by Gasteiger charge is -2.09. The van der Waals surface area contributed by atoms with E-state index in [1.54, 1.807) is 18.3 Å². The van der Waals surface area contributed by atoms with Crippen LogP contribution >= 0.6 is 79.1 Å². The van der Waals surface area contributed by atoms with Crippen LogP contribution in [0.1, 0.15) is 33.6 Å². The third kappa shape index (κ3) is 5.59. The number of nitrogens with one attached hydrogen (secondary N) is 3. The molecule has 4 aromatic heterocycles. The minimum Gasteiger partial charge on any atom is -0.482 e. The van der Waals surface area contributed by atoms with Crippen LogP contribution in [0.4, 0.5) is 0 Å². The third-order valence-electron chi connectivity index (χ3n) is 6.38. The first-order valence-electron chi connectivity index (χ1n) is 12.4. The molecule has 40 heavy (non-hydrogen) atoms. The number of thiophene rings is 1. The number of carbonyl (C=O) groups is 1. The molecule has 1 aliphatic heterocycles. The first-order chi connectivity index (χ1) is 19.4. The first-order valence-corrected chi connectivity index (χ1v) is 16.5. The summed E-state index contributed by atoms with van der Waals surface area (Å²) in [6, 6.07) is 25.0. The van der Waals surface area contributed by atoms with Gasteiger partial charge >= 0.3 is 5.97 Å². The number of hydrogen-bond acceptors (Lipinski definition) is 4. The average Bonchev–Trinajstić information content (AvgIpc) is 3.79. The fraction of sp³-hybridized carbons (Fsp3) is 0.100. The molecule has 0 fully saturated rings. The summed E-state index contributed by atoms with van der Waals surface area (Å²) in [5.41, 5.74) is 4.27. The van der Waals surface area contributed by atoms with Gasteiger partial charge < -0.3 is 24.4 Å². The van der Waals surface area contributed by atoms with Gasteiger partial charge in [0.1, 0.15) is 5.75 Å². The van der Waals surface area contributed by atoms with Crippen molar-refractivity contribution in [3.05, 3.63) is 121 Å². The molecule has 0 spiro atoms. The lowest BCUT2D eigenvalue weighted by molar-refractivity contribution is -0.145. The van der Waals surface area contributed by atoms with E-state index >= 15 is 0 Å². The highest BCUT2D eigenvalue weighted by Gasteiger charge is 2.15. The van der Waals surface area contributed by atoms with Crippen molar-refractivity contribution in [2.45, 2.75) is 6.92 Å². The van der Waals surface area contributed by atoms with Crippen molar-refractivity contribution >= 4 is 101 Å². The number of fused-ring (bicyclic) bond motifs is 8. The van der Waals surface area contributed by atoms with Gasteiger partial charge in [0.05, 0.1) is 44.8 Å². The molecule has 0 radical (unpaired) electrons. The standard InChI is InChI=1S/C30H22I3N3O3S/c1-2-38-26(37)15-39-17-5-3-16(4-6-17)27-18-7-8-19(34-18)28(31)20-9-10-21(35-20)29(32)22-11-12-23(36-22)30(33)25-14-13-24(27)40-25/h3-14,34-36H,2,15H2,1H3. The summed E-state index contributed by atoms with van der Waals surface area (Å²) in [6.45, 7) is 2.00. The molecule has 5 aromatic rings. The highest BCUT2D eigenvalue weighted by Crippen LogP contribution is 2.33. The van der Waals surface area contributed by atoms with Crippen LogP contribution in [-0.4, -0.2) is 34.1 Å². The fourth-order valence-electron chi connectivity index (χ4n) is 4.48. The van der Waals surface area contributed by atoms with Crippen LogP contribution < -0.4 is 26.1 Å². The molecule has 202 valence electrons. The van der Waals surface area contributed by atoms with Gasteiger partial charge in [-0.25, -0.2) is 4.79 Å². The summed E-state index contributed by atoms with van der Waals surface area (Å²) >= 11 is 8.99. The van der Waals surface area contributed by atoms with Crippen LogP contribution in [-0.2, 0) is 9.53 Å². The van der Waals surface area contributed by atoms with Crippen LogP contribution in [0.15, 0.2) is 72.8 Å². The molecule has 1 aliphatic rings. The van der Waals surface area contributed by atoms with E-state index in [1.807, 2.05) is 24.3 Å². The number of esters is 1. The van der Waals surface area contributed by atoms with Gasteiger partial charge in [0.25, 0.3) is 0 Å². The quantitative estimate of drug-likeness (QED) is 0.172. The summed E-state index contributed by atoms with van der Waals surface area (Å²) in [7, 11) is 0. The normalized spacial score (nSPS) is 13.1. The Bertz CT molecular complexity index is 1980. The van der Waals surface area contributed by atoms with E-state index in [0.717, 1.165) is 56.0 Å². The zero-order valence-corrected chi connectivity index (χ0v) is 28.4. The van der Waals surface area contributed by atoms with Gasteiger partial charge in [0, 0.05) is 20.7 Å². The van der Waals surface area contributed by atoms with Crippen molar-refractivity contribution in [2.24, 2.45) is 0 Å². The Balaban J connectivity index is 1.53. The Hall–Kier alpha value is -2.30. The Morgan fingerprint density at radius 1 is 0.700 bits per heavy atom. The molecule has 6 nitrogen and oxygen atoms in total. The average molecular weight is 885 g/mol. The maximum Gasteiger partial charge on any atom is 0.344 e. The largest absolute Gasteiger partial charge is 0.482 e. The predicted molar refractivity (Wildman–Crippen MR) is 185 cm³/mol. The van der Waals surface area contributed by atoms with E-state index < -0.39 is 0 Å². The Kier molecular flexibility index (Phi) is 8.28. The molecule has 0 saturated heterocycles. The molecule has 10 heteroatoms. The summed E-state index contributed by atoms with van der Waals surface area (Å²) in [5, 5.41) is 4.23. The predicted octanol–water partition coefficient (Wildman–Crippen LogP) is 5.01. The van der Waals surface area contributed by atoms with Crippen molar-refractivity contribution in [3.63, 3.8) is 0 Å². The van der Waals surface area contributed by atoms with Gasteiger partial charge in [0.2, 0.25) is 0 Å². The van der Waals surface area contributed by atoms with Gasteiger partial charge in [-0.2, -0.15) is 0 Å². The molecular formula is C30H22I3N3O3S. The number of H-pyrrole nitrogens is 3. The van der Waals surface area contributed by atoms with Crippen molar-refractivity contribution < 1.29 is 14.3 Å². The molecule has 0 unspecified atom stereocenters. The van der Waals surface area contributed by atoms with Crippen LogP contribution in [0.3, 0.4) is 0 Å². The van der Waals surface area contributed by atoms with Gasteiger partial charge in [-0.3, -0.25) is 0 Å². The molecule has 0 atom stereocenters. The number of benzene rings is 1. The second kappa shape index (κ2) is 11.9. The second-order valence-corrected chi connectivity index (χ2v) is 13.3. The first kappa shape index (κ1) is 27.8. The maximum absolute atomic E-state index is 11.7. The summed E-state index contributed by atoms with van der Waals surface area (Å²) < 4.78 is 14.0. The maximum atomic E-state index is 11.7. The molecule has 5 heterocycles. The number of carbonyl (C=O) groups excluding carboxylic acids is 1. The fourth-order valence-corrected chi connectivity index (χ4v) is 7.60. The summed E-state index contributed by atoms with van der Waals surface area (Å²) in [5.74, 6) is 0.239. The molecule has 0 aliphatic carbocycles. The Morgan fingerprint density at radius 3 is 1.93 bits per heavy atom. The van der Waals surface area contributed by atoms with Gasteiger partial charge in [-0.15, -0.1) is 11.3 Å². The Morgan fingerprint density at radius 2 is 1.27 bits per heavy atom. The third-order valence-corrected chi connectivity index (χ3v) is 11.4. The van der Waals surface area contributed by atoms with E-state index in [1.165, 1.54) is 8.46 Å². The zero-order valence-electron chi connectivity index (χ0n) is 21.1. The number of halogens is 3. The lowest BCUT2D eigenvalue weighted by Crippen LogP contribution is -2.16. The summed E-state index contributed by atoms with van der Waals surface area (Å²) in [6.07, 6.45) is 0. The highest BCUT2D eigenvalue weighted by atomic mass is 127. The number of hydrogen-bond donors (Lipinski definition) is 3. The van der Waals surface area contributed by atoms with E-state index in [2.05, 4.69) is 131 Å².